The highest BCUT2D eigenvalue weighted by Crippen LogP contribution is 2.53. The zero-order valence-corrected chi connectivity index (χ0v) is 19.1. The van der Waals surface area contributed by atoms with Crippen molar-refractivity contribution in [3.8, 4) is 11.5 Å². The lowest BCUT2D eigenvalue weighted by atomic mass is 10.3. The Morgan fingerprint density at radius 3 is 0.818 bits per heavy atom. The molecule has 33 heavy (non-hydrogen) atoms. The van der Waals surface area contributed by atoms with Gasteiger partial charge in [0.2, 0.25) is 0 Å². The zero-order valence-electron chi connectivity index (χ0n) is 18.2. The maximum absolute atomic E-state index is 8.65. The van der Waals surface area contributed by atoms with Crippen molar-refractivity contribution >= 4 is 28.5 Å². The summed E-state index contributed by atoms with van der Waals surface area (Å²) in [5.41, 5.74) is 0. The number of aromatic hydroxyl groups is 2. The Kier molecular flexibility index (Phi) is 7.19. The molecular weight excluding hydrogens is 423 g/mol. The second kappa shape index (κ2) is 10.6. The fraction of sp³-hybridized carbons (Fsp3) is 0. The summed E-state index contributed by atoms with van der Waals surface area (Å²) < 4.78 is 0. The van der Waals surface area contributed by atoms with Gasteiger partial charge in [-0.3, -0.25) is 0 Å². The van der Waals surface area contributed by atoms with Crippen LogP contribution in [-0.4, -0.2) is 10.2 Å². The van der Waals surface area contributed by atoms with E-state index in [-0.39, 0.29) is 11.5 Å². The molecule has 5 aromatic carbocycles. The predicted molar refractivity (Wildman–Crippen MR) is 141 cm³/mol. The Balaban J connectivity index is 0.000000275. The van der Waals surface area contributed by atoms with Crippen LogP contribution in [0.1, 0.15) is 0 Å². The monoisotopic (exact) mass is 449 g/mol. The van der Waals surface area contributed by atoms with E-state index in [2.05, 4.69) is 121 Å². The average Bonchev–Trinajstić information content (AvgIpc) is 2.88. The highest BCUT2D eigenvalue weighted by atomic mass is 31.2. The van der Waals surface area contributed by atoms with Crippen LogP contribution >= 0.6 is 7.26 Å². The van der Waals surface area contributed by atoms with Crippen molar-refractivity contribution in [3.05, 3.63) is 146 Å². The second-order valence-corrected chi connectivity index (χ2v) is 10.9. The fourth-order valence-electron chi connectivity index (χ4n) is 3.99. The van der Waals surface area contributed by atoms with Gasteiger partial charge in [-0.15, -0.1) is 0 Å². The molecule has 0 amide bonds. The topological polar surface area (TPSA) is 40.5 Å². The average molecular weight is 450 g/mol. The molecule has 2 N–H and O–H groups in total. The smallest absolute Gasteiger partial charge is 0.144 e. The Morgan fingerprint density at radius 1 is 0.333 bits per heavy atom. The SMILES string of the molecule is Oc1cccc(O)c1.c1ccc([P+](c2ccccc2)(c2ccccc2)c2ccccc2)cc1. The summed E-state index contributed by atoms with van der Waals surface area (Å²) in [6, 6.07) is 49.7. The minimum absolute atomic E-state index is 0.0880. The minimum Gasteiger partial charge on any atom is -0.508 e. The largest absolute Gasteiger partial charge is 0.508 e. The van der Waals surface area contributed by atoms with Gasteiger partial charge in [-0.2, -0.15) is 0 Å². The highest BCUT2D eigenvalue weighted by Gasteiger charge is 2.47. The molecule has 0 aliphatic heterocycles. The predicted octanol–water partition coefficient (Wildman–Crippen LogP) is 5.40. The summed E-state index contributed by atoms with van der Waals surface area (Å²) in [5, 5.41) is 22.9. The first-order valence-corrected chi connectivity index (χ1v) is 12.6. The number of hydrogen-bond donors (Lipinski definition) is 2. The molecule has 0 aromatic heterocycles. The van der Waals surface area contributed by atoms with Gasteiger partial charge in [0.25, 0.3) is 0 Å². The van der Waals surface area contributed by atoms with Gasteiger partial charge in [-0.25, -0.2) is 0 Å². The molecule has 2 nitrogen and oxygen atoms in total. The fourth-order valence-corrected chi connectivity index (χ4v) is 8.26. The van der Waals surface area contributed by atoms with Gasteiger partial charge in [0.05, 0.1) is 0 Å². The van der Waals surface area contributed by atoms with Crippen LogP contribution in [0.25, 0.3) is 0 Å². The molecule has 0 saturated heterocycles. The maximum Gasteiger partial charge on any atom is 0.144 e. The quantitative estimate of drug-likeness (QED) is 0.361. The Bertz CT molecular complexity index is 1080. The van der Waals surface area contributed by atoms with E-state index in [1.165, 1.54) is 39.4 Å². The number of phenolic OH excluding ortho intramolecular Hbond substituents is 2. The first-order chi connectivity index (χ1) is 16.2. The van der Waals surface area contributed by atoms with Crippen LogP contribution in [0.15, 0.2) is 146 Å². The summed E-state index contributed by atoms with van der Waals surface area (Å²) >= 11 is 0. The maximum atomic E-state index is 8.65. The molecule has 162 valence electrons. The zero-order chi connectivity index (χ0) is 22.9. The van der Waals surface area contributed by atoms with Crippen molar-refractivity contribution < 1.29 is 10.2 Å². The molecule has 0 spiro atoms. The molecular formula is C30H26O2P+. The van der Waals surface area contributed by atoms with Gasteiger partial charge < -0.3 is 10.2 Å². The van der Waals surface area contributed by atoms with E-state index in [4.69, 9.17) is 10.2 Å². The number of phenols is 2. The summed E-state index contributed by atoms with van der Waals surface area (Å²) in [5.74, 6) is 0.176. The van der Waals surface area contributed by atoms with Crippen LogP contribution in [0, 0.1) is 0 Å². The van der Waals surface area contributed by atoms with E-state index < -0.39 is 7.26 Å². The van der Waals surface area contributed by atoms with Crippen LogP contribution in [0.3, 0.4) is 0 Å². The molecule has 0 bridgehead atoms. The molecule has 5 aromatic rings. The summed E-state index contributed by atoms with van der Waals surface area (Å²) in [6.07, 6.45) is 0. The van der Waals surface area contributed by atoms with Gasteiger partial charge in [-0.05, 0) is 60.7 Å². The first kappa shape index (κ1) is 22.3. The lowest BCUT2D eigenvalue weighted by molar-refractivity contribution is 0.450. The lowest BCUT2D eigenvalue weighted by Gasteiger charge is -2.27. The lowest BCUT2D eigenvalue weighted by Crippen LogP contribution is -2.38. The van der Waals surface area contributed by atoms with E-state index in [9.17, 15) is 0 Å². The van der Waals surface area contributed by atoms with Gasteiger partial charge in [0, 0.05) is 6.07 Å². The second-order valence-electron chi connectivity index (χ2n) is 7.53. The minimum atomic E-state index is -1.91. The molecule has 5 rings (SSSR count). The third kappa shape index (κ3) is 4.98. The standard InChI is InChI=1S/C24H20P.C6H6O2/c1-5-13-21(14-6-1)25(22-15-7-2-8-16-22,23-17-9-3-10-18-23)24-19-11-4-12-20-24;7-5-2-1-3-6(8)4-5/h1-20H;1-4,7-8H/q+1;. The first-order valence-electron chi connectivity index (χ1n) is 10.8. The number of hydrogen-bond acceptors (Lipinski definition) is 2. The van der Waals surface area contributed by atoms with Crippen LogP contribution in [-0.2, 0) is 0 Å². The Hall–Kier alpha value is -3.87. The van der Waals surface area contributed by atoms with E-state index in [0.29, 0.717) is 0 Å². The molecule has 0 unspecified atom stereocenters. The van der Waals surface area contributed by atoms with E-state index >= 15 is 0 Å². The molecule has 0 fully saturated rings. The van der Waals surface area contributed by atoms with Gasteiger partial charge in [0.15, 0.2) is 0 Å². The molecule has 0 saturated carbocycles. The van der Waals surface area contributed by atoms with Gasteiger partial charge in [-0.1, -0.05) is 78.9 Å². The molecule has 0 aliphatic carbocycles. The van der Waals surface area contributed by atoms with Gasteiger partial charge in [0.1, 0.15) is 40.0 Å². The molecule has 0 heterocycles. The molecule has 0 atom stereocenters. The van der Waals surface area contributed by atoms with Crippen LogP contribution in [0.2, 0.25) is 0 Å². The number of benzene rings is 5. The molecule has 0 aliphatic rings. The van der Waals surface area contributed by atoms with Crippen LogP contribution in [0.4, 0.5) is 0 Å². The van der Waals surface area contributed by atoms with Crippen molar-refractivity contribution in [2.75, 3.05) is 0 Å². The van der Waals surface area contributed by atoms with E-state index in [1.807, 2.05) is 0 Å². The van der Waals surface area contributed by atoms with Crippen LogP contribution < -0.4 is 21.2 Å². The van der Waals surface area contributed by atoms with Crippen molar-refractivity contribution in [1.82, 2.24) is 0 Å². The highest BCUT2D eigenvalue weighted by molar-refractivity contribution is 8.01. The van der Waals surface area contributed by atoms with Crippen molar-refractivity contribution in [2.24, 2.45) is 0 Å². The van der Waals surface area contributed by atoms with Crippen LogP contribution in [0.5, 0.6) is 11.5 Å². The Morgan fingerprint density at radius 2 is 0.606 bits per heavy atom. The third-order valence-corrected chi connectivity index (χ3v) is 9.69. The van der Waals surface area contributed by atoms with Crippen molar-refractivity contribution in [1.29, 1.82) is 0 Å². The van der Waals surface area contributed by atoms with Crippen molar-refractivity contribution in [2.45, 2.75) is 0 Å². The summed E-state index contributed by atoms with van der Waals surface area (Å²) in [7, 11) is -1.91. The number of rotatable bonds is 4. The summed E-state index contributed by atoms with van der Waals surface area (Å²) in [6.45, 7) is 0. The molecule has 0 radical (unpaired) electrons. The Labute approximate surface area is 195 Å². The molecule has 3 heteroatoms. The van der Waals surface area contributed by atoms with Gasteiger partial charge >= 0.3 is 0 Å². The van der Waals surface area contributed by atoms with Crippen molar-refractivity contribution in [3.63, 3.8) is 0 Å². The normalized spacial score (nSPS) is 10.7. The van der Waals surface area contributed by atoms with E-state index in [0.717, 1.165) is 0 Å². The third-order valence-electron chi connectivity index (χ3n) is 5.40. The van der Waals surface area contributed by atoms with E-state index in [1.54, 1.807) is 6.07 Å². The summed E-state index contributed by atoms with van der Waals surface area (Å²) in [4.78, 5) is 0.